The molecule has 0 aliphatic carbocycles. The maximum Gasteiger partial charge on any atom is 0.141 e. The molecule has 0 saturated heterocycles. The molecule has 0 spiro atoms. The number of pyridine rings is 1. The summed E-state index contributed by atoms with van der Waals surface area (Å²) in [5.41, 5.74) is 1.50. The van der Waals surface area contributed by atoms with E-state index in [1.54, 1.807) is 24.3 Å². The van der Waals surface area contributed by atoms with Crippen molar-refractivity contribution in [3.05, 3.63) is 58.1 Å². The van der Waals surface area contributed by atoms with Crippen LogP contribution in [0.2, 0.25) is 10.0 Å². The largest absolute Gasteiger partial charge is 0.376 e. The highest BCUT2D eigenvalue weighted by Gasteiger charge is 2.09. The molecule has 0 aliphatic heterocycles. The molecule has 1 aromatic carbocycles. The van der Waals surface area contributed by atoms with E-state index in [0.29, 0.717) is 10.0 Å². The van der Waals surface area contributed by atoms with Crippen molar-refractivity contribution in [2.24, 2.45) is 0 Å². The minimum absolute atomic E-state index is 0.0794. The van der Waals surface area contributed by atoms with E-state index < -0.39 is 0 Å². The first-order valence-electron chi connectivity index (χ1n) is 5.39. The molecule has 2 nitrogen and oxygen atoms in total. The van der Waals surface area contributed by atoms with Gasteiger partial charge in [0.2, 0.25) is 0 Å². The van der Waals surface area contributed by atoms with Crippen LogP contribution in [-0.4, -0.2) is 4.98 Å². The molecular weight excluding hydrogens is 274 g/mol. The Morgan fingerprint density at radius 3 is 2.61 bits per heavy atom. The summed E-state index contributed by atoms with van der Waals surface area (Å²) >= 11 is 11.9. The summed E-state index contributed by atoms with van der Waals surface area (Å²) in [6, 6.07) is 8.15. The summed E-state index contributed by atoms with van der Waals surface area (Å²) in [6.07, 6.45) is 1.19. The number of halogens is 3. The van der Waals surface area contributed by atoms with Gasteiger partial charge < -0.3 is 5.32 Å². The van der Waals surface area contributed by atoms with Gasteiger partial charge in [-0.25, -0.2) is 4.39 Å². The monoisotopic (exact) mass is 284 g/mol. The number of anilines is 1. The molecule has 2 aromatic rings. The van der Waals surface area contributed by atoms with Crippen molar-refractivity contribution < 1.29 is 4.39 Å². The van der Waals surface area contributed by atoms with E-state index in [9.17, 15) is 4.39 Å². The van der Waals surface area contributed by atoms with Crippen LogP contribution >= 0.6 is 23.2 Å². The van der Waals surface area contributed by atoms with Crippen LogP contribution in [0, 0.1) is 5.82 Å². The van der Waals surface area contributed by atoms with Crippen LogP contribution in [0.5, 0.6) is 0 Å². The Balaban J connectivity index is 2.15. The predicted octanol–water partition coefficient (Wildman–Crippen LogP) is 4.70. The van der Waals surface area contributed by atoms with Gasteiger partial charge in [-0.15, -0.1) is 0 Å². The third kappa shape index (κ3) is 3.12. The molecule has 0 bridgehead atoms. The molecule has 1 atom stereocenters. The first-order valence-corrected chi connectivity index (χ1v) is 6.15. The standard InChI is InChI=1S/C13H11Cl2FN2/c1-8(12-5-3-10(16)7-17-12)18-13-4-2-9(14)6-11(13)15/h2-8,18H,1H3. The summed E-state index contributed by atoms with van der Waals surface area (Å²) in [4.78, 5) is 4.01. The van der Waals surface area contributed by atoms with Crippen LogP contribution in [0.4, 0.5) is 10.1 Å². The first kappa shape index (κ1) is 13.1. The van der Waals surface area contributed by atoms with Gasteiger partial charge in [0, 0.05) is 5.02 Å². The van der Waals surface area contributed by atoms with Crippen LogP contribution in [0.25, 0.3) is 0 Å². The molecule has 18 heavy (non-hydrogen) atoms. The average Bonchev–Trinajstić information content (AvgIpc) is 2.33. The van der Waals surface area contributed by atoms with E-state index in [-0.39, 0.29) is 11.9 Å². The Hall–Kier alpha value is -1.32. The Morgan fingerprint density at radius 1 is 1.22 bits per heavy atom. The summed E-state index contributed by atoms with van der Waals surface area (Å²) in [6.45, 7) is 1.92. The highest BCUT2D eigenvalue weighted by atomic mass is 35.5. The van der Waals surface area contributed by atoms with Gasteiger partial charge in [0.15, 0.2) is 0 Å². The van der Waals surface area contributed by atoms with Crippen molar-refractivity contribution in [2.45, 2.75) is 13.0 Å². The lowest BCUT2D eigenvalue weighted by Crippen LogP contribution is -2.08. The van der Waals surface area contributed by atoms with Gasteiger partial charge in [0.1, 0.15) is 5.82 Å². The predicted molar refractivity (Wildman–Crippen MR) is 72.7 cm³/mol. The maximum atomic E-state index is 12.8. The maximum absolute atomic E-state index is 12.8. The van der Waals surface area contributed by atoms with Crippen LogP contribution < -0.4 is 5.32 Å². The van der Waals surface area contributed by atoms with Crippen LogP contribution in [-0.2, 0) is 0 Å². The normalized spacial score (nSPS) is 12.2. The Bertz CT molecular complexity index is 543. The molecule has 0 radical (unpaired) electrons. The fraction of sp³-hybridized carbons (Fsp3) is 0.154. The molecule has 94 valence electrons. The van der Waals surface area contributed by atoms with E-state index in [1.165, 1.54) is 12.3 Å². The Morgan fingerprint density at radius 2 is 2.00 bits per heavy atom. The van der Waals surface area contributed by atoms with Gasteiger partial charge in [-0.05, 0) is 37.3 Å². The SMILES string of the molecule is CC(Nc1ccc(Cl)cc1Cl)c1ccc(F)cn1. The molecule has 5 heteroatoms. The molecule has 0 saturated carbocycles. The van der Waals surface area contributed by atoms with Crippen LogP contribution in [0.3, 0.4) is 0 Å². The number of aromatic nitrogens is 1. The lowest BCUT2D eigenvalue weighted by atomic mass is 10.2. The van der Waals surface area contributed by atoms with Crippen molar-refractivity contribution in [2.75, 3.05) is 5.32 Å². The summed E-state index contributed by atoms with van der Waals surface area (Å²) in [5, 5.41) is 4.32. The highest BCUT2D eigenvalue weighted by molar-refractivity contribution is 6.36. The Labute approximate surface area is 115 Å². The molecule has 2 rings (SSSR count). The molecule has 1 N–H and O–H groups in total. The zero-order chi connectivity index (χ0) is 13.1. The first-order chi connectivity index (χ1) is 8.56. The number of hydrogen-bond donors (Lipinski definition) is 1. The Kier molecular flexibility index (Phi) is 4.04. The summed E-state index contributed by atoms with van der Waals surface area (Å²) < 4.78 is 12.8. The number of nitrogens with one attached hydrogen (secondary N) is 1. The van der Waals surface area contributed by atoms with Gasteiger partial charge in [0.05, 0.1) is 28.6 Å². The number of nitrogens with zero attached hydrogens (tertiary/aromatic N) is 1. The van der Waals surface area contributed by atoms with E-state index in [2.05, 4.69) is 10.3 Å². The van der Waals surface area contributed by atoms with Crippen molar-refractivity contribution in [1.82, 2.24) is 4.98 Å². The number of hydrogen-bond acceptors (Lipinski definition) is 2. The fourth-order valence-electron chi connectivity index (χ4n) is 1.56. The lowest BCUT2D eigenvalue weighted by molar-refractivity contribution is 0.617. The molecule has 1 unspecified atom stereocenters. The smallest absolute Gasteiger partial charge is 0.141 e. The van der Waals surface area contributed by atoms with E-state index >= 15 is 0 Å². The second kappa shape index (κ2) is 5.55. The third-order valence-corrected chi connectivity index (χ3v) is 3.04. The molecule has 1 heterocycles. The molecule has 1 aromatic heterocycles. The molecule has 0 fully saturated rings. The number of benzene rings is 1. The van der Waals surface area contributed by atoms with E-state index in [4.69, 9.17) is 23.2 Å². The second-order valence-corrected chi connectivity index (χ2v) is 4.74. The van der Waals surface area contributed by atoms with E-state index in [1.807, 2.05) is 6.92 Å². The average molecular weight is 285 g/mol. The minimum Gasteiger partial charge on any atom is -0.376 e. The van der Waals surface area contributed by atoms with Gasteiger partial charge in [-0.3, -0.25) is 4.98 Å². The quantitative estimate of drug-likeness (QED) is 0.884. The summed E-state index contributed by atoms with van der Waals surface area (Å²) in [5.74, 6) is -0.351. The zero-order valence-electron chi connectivity index (χ0n) is 9.62. The third-order valence-electron chi connectivity index (χ3n) is 2.50. The van der Waals surface area contributed by atoms with Gasteiger partial charge >= 0.3 is 0 Å². The molecule has 0 amide bonds. The van der Waals surface area contributed by atoms with Gasteiger partial charge in [0.25, 0.3) is 0 Å². The van der Waals surface area contributed by atoms with Crippen LogP contribution in [0.15, 0.2) is 36.5 Å². The number of rotatable bonds is 3. The van der Waals surface area contributed by atoms with Crippen molar-refractivity contribution >= 4 is 28.9 Å². The van der Waals surface area contributed by atoms with E-state index in [0.717, 1.165) is 11.4 Å². The van der Waals surface area contributed by atoms with Crippen molar-refractivity contribution in [1.29, 1.82) is 0 Å². The summed E-state index contributed by atoms with van der Waals surface area (Å²) in [7, 11) is 0. The van der Waals surface area contributed by atoms with Gasteiger partial charge in [-0.1, -0.05) is 23.2 Å². The van der Waals surface area contributed by atoms with Crippen molar-refractivity contribution in [3.8, 4) is 0 Å². The minimum atomic E-state index is -0.351. The second-order valence-electron chi connectivity index (χ2n) is 3.89. The van der Waals surface area contributed by atoms with Crippen LogP contribution in [0.1, 0.15) is 18.7 Å². The van der Waals surface area contributed by atoms with Gasteiger partial charge in [-0.2, -0.15) is 0 Å². The van der Waals surface area contributed by atoms with Crippen molar-refractivity contribution in [3.63, 3.8) is 0 Å². The zero-order valence-corrected chi connectivity index (χ0v) is 11.1. The topological polar surface area (TPSA) is 24.9 Å². The molecular formula is C13H11Cl2FN2. The lowest BCUT2D eigenvalue weighted by Gasteiger charge is -2.15. The fourth-order valence-corrected chi connectivity index (χ4v) is 2.02. The molecule has 0 aliphatic rings. The highest BCUT2D eigenvalue weighted by Crippen LogP contribution is 2.28.